The maximum atomic E-state index is 5.66. The Morgan fingerprint density at radius 2 is 2.07 bits per heavy atom. The largest absolute Gasteiger partial charge is 0.326 e. The summed E-state index contributed by atoms with van der Waals surface area (Å²) in [5.74, 6) is 0. The summed E-state index contributed by atoms with van der Waals surface area (Å²) >= 11 is 1.65. The van der Waals surface area contributed by atoms with Crippen LogP contribution in [0.25, 0.3) is 11.3 Å². The molecule has 0 atom stereocenters. The number of thiazole rings is 1. The van der Waals surface area contributed by atoms with Crippen LogP contribution in [-0.4, -0.2) is 9.97 Å². The maximum Gasteiger partial charge on any atom is 0.0905 e. The monoisotopic (exact) mass is 205 g/mol. The molecule has 2 N–H and O–H groups in total. The lowest BCUT2D eigenvalue weighted by Crippen LogP contribution is -1.95. The summed E-state index contributed by atoms with van der Waals surface area (Å²) in [5, 5.41) is 1.05. The standard InChI is InChI=1S/C10H11N3S/c1-7-13-10(9(6-11)14-7)8-2-4-12-5-3-8/h2-5H,6,11H2,1H3. The van der Waals surface area contributed by atoms with E-state index >= 15 is 0 Å². The average Bonchev–Trinajstić information content (AvgIpc) is 2.61. The van der Waals surface area contributed by atoms with Gasteiger partial charge in [0.15, 0.2) is 0 Å². The first-order valence-corrected chi connectivity index (χ1v) is 5.19. The zero-order valence-corrected chi connectivity index (χ0v) is 8.71. The number of hydrogen-bond donors (Lipinski definition) is 1. The van der Waals surface area contributed by atoms with E-state index in [4.69, 9.17) is 5.73 Å². The van der Waals surface area contributed by atoms with E-state index in [1.165, 1.54) is 0 Å². The van der Waals surface area contributed by atoms with Crippen molar-refractivity contribution < 1.29 is 0 Å². The predicted octanol–water partition coefficient (Wildman–Crippen LogP) is 1.97. The third-order valence-electron chi connectivity index (χ3n) is 1.94. The van der Waals surface area contributed by atoms with Gasteiger partial charge < -0.3 is 5.73 Å². The number of aryl methyl sites for hydroxylation is 1. The smallest absolute Gasteiger partial charge is 0.0905 e. The molecule has 2 heterocycles. The van der Waals surface area contributed by atoms with Crippen molar-refractivity contribution in [3.63, 3.8) is 0 Å². The van der Waals surface area contributed by atoms with Gasteiger partial charge in [0, 0.05) is 29.4 Å². The Morgan fingerprint density at radius 3 is 2.71 bits per heavy atom. The van der Waals surface area contributed by atoms with Crippen molar-refractivity contribution in [3.8, 4) is 11.3 Å². The Hall–Kier alpha value is -1.26. The van der Waals surface area contributed by atoms with Crippen LogP contribution in [0.1, 0.15) is 9.88 Å². The molecule has 2 aromatic heterocycles. The topological polar surface area (TPSA) is 51.8 Å². The summed E-state index contributed by atoms with van der Waals surface area (Å²) in [4.78, 5) is 9.57. The van der Waals surface area contributed by atoms with Crippen molar-refractivity contribution in [1.29, 1.82) is 0 Å². The first-order valence-electron chi connectivity index (χ1n) is 4.38. The Morgan fingerprint density at radius 1 is 1.36 bits per heavy atom. The highest BCUT2D eigenvalue weighted by Crippen LogP contribution is 2.26. The normalized spacial score (nSPS) is 10.4. The van der Waals surface area contributed by atoms with Crippen molar-refractivity contribution >= 4 is 11.3 Å². The van der Waals surface area contributed by atoms with Crippen LogP contribution in [0.2, 0.25) is 0 Å². The van der Waals surface area contributed by atoms with Crippen molar-refractivity contribution in [2.24, 2.45) is 5.73 Å². The molecular weight excluding hydrogens is 194 g/mol. The summed E-state index contributed by atoms with van der Waals surface area (Å²) in [6.07, 6.45) is 3.54. The van der Waals surface area contributed by atoms with Gasteiger partial charge in [0.2, 0.25) is 0 Å². The van der Waals surface area contributed by atoms with Crippen LogP contribution in [0.15, 0.2) is 24.5 Å². The average molecular weight is 205 g/mol. The van der Waals surface area contributed by atoms with Crippen LogP contribution in [0.3, 0.4) is 0 Å². The number of nitrogens with zero attached hydrogens (tertiary/aromatic N) is 2. The maximum absolute atomic E-state index is 5.66. The molecule has 0 aromatic carbocycles. The molecule has 2 aromatic rings. The molecule has 0 fully saturated rings. The SMILES string of the molecule is Cc1nc(-c2ccncc2)c(CN)s1. The zero-order chi connectivity index (χ0) is 9.97. The molecular formula is C10H11N3S. The number of nitrogens with two attached hydrogens (primary N) is 1. The van der Waals surface area contributed by atoms with Crippen molar-refractivity contribution in [2.75, 3.05) is 0 Å². The van der Waals surface area contributed by atoms with Gasteiger partial charge in [0.25, 0.3) is 0 Å². The van der Waals surface area contributed by atoms with Crippen LogP contribution in [0.4, 0.5) is 0 Å². The van der Waals surface area contributed by atoms with Gasteiger partial charge >= 0.3 is 0 Å². The minimum absolute atomic E-state index is 0.545. The summed E-state index contributed by atoms with van der Waals surface area (Å²) in [5.41, 5.74) is 7.74. The third kappa shape index (κ3) is 1.66. The Bertz CT molecular complexity index is 422. The van der Waals surface area contributed by atoms with Gasteiger partial charge in [0.1, 0.15) is 0 Å². The van der Waals surface area contributed by atoms with Gasteiger partial charge in [0.05, 0.1) is 10.7 Å². The highest BCUT2D eigenvalue weighted by Gasteiger charge is 2.08. The molecule has 72 valence electrons. The molecule has 0 saturated heterocycles. The minimum Gasteiger partial charge on any atom is -0.326 e. The second kappa shape index (κ2) is 3.86. The number of pyridine rings is 1. The summed E-state index contributed by atoms with van der Waals surface area (Å²) < 4.78 is 0. The lowest BCUT2D eigenvalue weighted by atomic mass is 10.2. The summed E-state index contributed by atoms with van der Waals surface area (Å²) in [6, 6.07) is 3.90. The van der Waals surface area contributed by atoms with Crippen LogP contribution < -0.4 is 5.73 Å². The van der Waals surface area contributed by atoms with Gasteiger partial charge in [-0.15, -0.1) is 11.3 Å². The molecule has 0 bridgehead atoms. The van der Waals surface area contributed by atoms with E-state index in [0.29, 0.717) is 6.54 Å². The van der Waals surface area contributed by atoms with Gasteiger partial charge in [-0.1, -0.05) is 0 Å². The van der Waals surface area contributed by atoms with E-state index in [1.54, 1.807) is 23.7 Å². The molecule has 4 heteroatoms. The Kier molecular flexibility index (Phi) is 2.56. The molecule has 0 spiro atoms. The van der Waals surface area contributed by atoms with Gasteiger partial charge in [-0.25, -0.2) is 4.98 Å². The highest BCUT2D eigenvalue weighted by molar-refractivity contribution is 7.12. The van der Waals surface area contributed by atoms with E-state index in [1.807, 2.05) is 19.1 Å². The highest BCUT2D eigenvalue weighted by atomic mass is 32.1. The molecule has 3 nitrogen and oxygen atoms in total. The molecule has 0 aliphatic heterocycles. The van der Waals surface area contributed by atoms with Crippen molar-refractivity contribution in [3.05, 3.63) is 34.4 Å². The van der Waals surface area contributed by atoms with Crippen molar-refractivity contribution in [2.45, 2.75) is 13.5 Å². The fraction of sp³-hybridized carbons (Fsp3) is 0.200. The van der Waals surface area contributed by atoms with E-state index in [0.717, 1.165) is 21.1 Å². The first kappa shape index (κ1) is 9.30. The molecule has 0 aliphatic rings. The number of rotatable bonds is 2. The molecule has 0 aliphatic carbocycles. The fourth-order valence-corrected chi connectivity index (χ4v) is 2.18. The fourth-order valence-electron chi connectivity index (χ4n) is 1.34. The van der Waals surface area contributed by atoms with Crippen LogP contribution in [0.5, 0.6) is 0 Å². The minimum atomic E-state index is 0.545. The molecule has 0 amide bonds. The predicted molar refractivity (Wildman–Crippen MR) is 58.0 cm³/mol. The number of aromatic nitrogens is 2. The van der Waals surface area contributed by atoms with Gasteiger partial charge in [-0.05, 0) is 19.1 Å². The van der Waals surface area contributed by atoms with E-state index < -0.39 is 0 Å². The van der Waals surface area contributed by atoms with Crippen molar-refractivity contribution in [1.82, 2.24) is 9.97 Å². The lowest BCUT2D eigenvalue weighted by Gasteiger charge is -1.98. The molecule has 0 saturated carbocycles. The van der Waals surface area contributed by atoms with Crippen LogP contribution in [-0.2, 0) is 6.54 Å². The van der Waals surface area contributed by atoms with Crippen LogP contribution in [0, 0.1) is 6.92 Å². The van der Waals surface area contributed by atoms with E-state index in [2.05, 4.69) is 9.97 Å². The quantitative estimate of drug-likeness (QED) is 0.815. The first-order chi connectivity index (χ1) is 6.81. The van der Waals surface area contributed by atoms with Gasteiger partial charge in [-0.3, -0.25) is 4.98 Å². The van der Waals surface area contributed by atoms with Crippen LogP contribution >= 0.6 is 11.3 Å². The second-order valence-corrected chi connectivity index (χ2v) is 4.23. The number of hydrogen-bond acceptors (Lipinski definition) is 4. The Balaban J connectivity index is 2.51. The van der Waals surface area contributed by atoms with E-state index in [-0.39, 0.29) is 0 Å². The molecule has 0 radical (unpaired) electrons. The summed E-state index contributed by atoms with van der Waals surface area (Å²) in [7, 11) is 0. The molecule has 14 heavy (non-hydrogen) atoms. The third-order valence-corrected chi connectivity index (χ3v) is 2.94. The van der Waals surface area contributed by atoms with Gasteiger partial charge in [-0.2, -0.15) is 0 Å². The molecule has 2 rings (SSSR count). The summed E-state index contributed by atoms with van der Waals surface area (Å²) in [6.45, 7) is 2.54. The zero-order valence-electron chi connectivity index (χ0n) is 7.90. The van der Waals surface area contributed by atoms with E-state index in [9.17, 15) is 0 Å². The second-order valence-electron chi connectivity index (χ2n) is 2.94. The Labute approximate surface area is 86.6 Å². The lowest BCUT2D eigenvalue weighted by molar-refractivity contribution is 1.10. The molecule has 0 unspecified atom stereocenters.